The molecule has 0 unspecified atom stereocenters. The molecule has 0 fully saturated rings. The Morgan fingerprint density at radius 1 is 1.24 bits per heavy atom. The minimum absolute atomic E-state index is 0.0246. The maximum atomic E-state index is 12.7. The van der Waals surface area contributed by atoms with Crippen LogP contribution in [0.25, 0.3) is 0 Å². The van der Waals surface area contributed by atoms with Crippen LogP contribution in [0.5, 0.6) is 0 Å². The van der Waals surface area contributed by atoms with Crippen molar-refractivity contribution in [3.63, 3.8) is 0 Å². The molecule has 7 nitrogen and oxygen atoms in total. The quantitative estimate of drug-likeness (QED) is 0.806. The summed E-state index contributed by atoms with van der Waals surface area (Å²) < 4.78 is 2.00. The molecule has 0 bridgehead atoms. The van der Waals surface area contributed by atoms with Crippen molar-refractivity contribution in [1.29, 1.82) is 0 Å². The summed E-state index contributed by atoms with van der Waals surface area (Å²) in [6, 6.07) is 0. The van der Waals surface area contributed by atoms with Gasteiger partial charge < -0.3 is 14.5 Å². The molecule has 0 spiro atoms. The summed E-state index contributed by atoms with van der Waals surface area (Å²) >= 11 is 0. The summed E-state index contributed by atoms with van der Waals surface area (Å²) in [5.41, 5.74) is 1.94. The number of hydrogen-bond donors (Lipinski definition) is 1. The van der Waals surface area contributed by atoms with Crippen LogP contribution in [-0.2, 0) is 25.9 Å². The maximum Gasteiger partial charge on any atom is 0.272 e. The van der Waals surface area contributed by atoms with Gasteiger partial charge in [0, 0.05) is 25.1 Å². The van der Waals surface area contributed by atoms with Gasteiger partial charge in [-0.25, -0.2) is 9.97 Å². The van der Waals surface area contributed by atoms with Gasteiger partial charge in [-0.2, -0.15) is 0 Å². The Hall–Kier alpha value is -2.44. The molecule has 108 valence electrons. The number of H-pyrrole nitrogens is 1. The number of hydrogen-bond acceptors (Lipinski definition) is 4. The summed E-state index contributed by atoms with van der Waals surface area (Å²) in [4.78, 5) is 37.2. The van der Waals surface area contributed by atoms with Crippen molar-refractivity contribution >= 4 is 5.91 Å². The van der Waals surface area contributed by atoms with Crippen molar-refractivity contribution in [2.45, 2.75) is 32.4 Å². The van der Waals surface area contributed by atoms with Gasteiger partial charge in [-0.1, -0.05) is 0 Å². The highest BCUT2D eigenvalue weighted by Crippen LogP contribution is 2.20. The molecule has 4 heterocycles. The number of rotatable bonds is 1. The summed E-state index contributed by atoms with van der Waals surface area (Å²) in [5, 5.41) is 0. The first-order valence-corrected chi connectivity index (χ1v) is 7.13. The molecule has 0 aliphatic carbocycles. The van der Waals surface area contributed by atoms with E-state index in [1.165, 1.54) is 6.33 Å². The second-order valence-corrected chi connectivity index (χ2v) is 5.45. The highest BCUT2D eigenvalue weighted by Gasteiger charge is 2.28. The number of amides is 1. The summed E-state index contributed by atoms with van der Waals surface area (Å²) in [5.74, 6) is 0.966. The van der Waals surface area contributed by atoms with Crippen LogP contribution in [0.15, 0.2) is 17.3 Å². The third kappa shape index (κ3) is 1.88. The molecule has 21 heavy (non-hydrogen) atoms. The van der Waals surface area contributed by atoms with Gasteiger partial charge in [-0.3, -0.25) is 9.59 Å². The molecule has 1 amide bonds. The number of imidazole rings is 1. The van der Waals surface area contributed by atoms with E-state index in [0.717, 1.165) is 25.2 Å². The molecule has 2 aromatic heterocycles. The lowest BCUT2D eigenvalue weighted by Gasteiger charge is -2.27. The van der Waals surface area contributed by atoms with E-state index in [0.29, 0.717) is 36.5 Å². The Morgan fingerprint density at radius 2 is 2.14 bits per heavy atom. The number of nitrogens with zero attached hydrogens (tertiary/aromatic N) is 4. The van der Waals surface area contributed by atoms with E-state index < -0.39 is 0 Å². The molecular formula is C14H15N5O2. The van der Waals surface area contributed by atoms with Crippen LogP contribution in [0.4, 0.5) is 0 Å². The zero-order valence-electron chi connectivity index (χ0n) is 11.5. The third-order valence-corrected chi connectivity index (χ3v) is 4.24. The predicted molar refractivity (Wildman–Crippen MR) is 73.9 cm³/mol. The maximum absolute atomic E-state index is 12.7. The molecule has 2 aliphatic rings. The minimum atomic E-state index is -0.0997. The molecule has 0 saturated heterocycles. The number of aromatic amines is 1. The monoisotopic (exact) mass is 285 g/mol. The van der Waals surface area contributed by atoms with Gasteiger partial charge in [0.2, 0.25) is 0 Å². The van der Waals surface area contributed by atoms with Gasteiger partial charge in [0.1, 0.15) is 11.5 Å². The Morgan fingerprint density at radius 3 is 3.05 bits per heavy atom. The van der Waals surface area contributed by atoms with Crippen LogP contribution in [0.3, 0.4) is 0 Å². The lowest BCUT2D eigenvalue weighted by Crippen LogP contribution is -2.39. The van der Waals surface area contributed by atoms with Crippen LogP contribution in [-0.4, -0.2) is 36.9 Å². The summed E-state index contributed by atoms with van der Waals surface area (Å²) in [6.07, 6.45) is 5.59. The van der Waals surface area contributed by atoms with Crippen LogP contribution in [0, 0.1) is 0 Å². The first-order valence-electron chi connectivity index (χ1n) is 7.13. The van der Waals surface area contributed by atoms with Crippen molar-refractivity contribution in [1.82, 2.24) is 24.4 Å². The van der Waals surface area contributed by atoms with Gasteiger partial charge in [0.15, 0.2) is 0 Å². The number of carbonyl (C=O) groups excluding carboxylic acids is 1. The van der Waals surface area contributed by atoms with Gasteiger partial charge in [0.05, 0.1) is 24.8 Å². The Labute approximate surface area is 120 Å². The second-order valence-electron chi connectivity index (χ2n) is 5.45. The average Bonchev–Trinajstić information content (AvgIpc) is 3.09. The predicted octanol–water partition coefficient (Wildman–Crippen LogP) is 0.111. The molecule has 0 saturated carbocycles. The molecule has 0 radical (unpaired) electrons. The van der Waals surface area contributed by atoms with E-state index in [-0.39, 0.29) is 11.5 Å². The standard InChI is InChI=1S/C14H15N5O2/c20-13-9-3-5-18(7-10(9)16-8-17-13)14(21)11-6-15-12-2-1-4-19(11)12/h6,8H,1-5,7H2,(H,16,17,20). The smallest absolute Gasteiger partial charge is 0.272 e. The lowest BCUT2D eigenvalue weighted by molar-refractivity contribution is 0.0720. The summed E-state index contributed by atoms with van der Waals surface area (Å²) in [6.45, 7) is 1.79. The van der Waals surface area contributed by atoms with Crippen molar-refractivity contribution in [3.8, 4) is 0 Å². The van der Waals surface area contributed by atoms with Gasteiger partial charge >= 0.3 is 0 Å². The van der Waals surface area contributed by atoms with E-state index in [2.05, 4.69) is 15.0 Å². The fraction of sp³-hybridized carbons (Fsp3) is 0.429. The van der Waals surface area contributed by atoms with E-state index in [9.17, 15) is 9.59 Å². The summed E-state index contributed by atoms with van der Waals surface area (Å²) in [7, 11) is 0. The lowest BCUT2D eigenvalue weighted by atomic mass is 10.1. The van der Waals surface area contributed by atoms with E-state index in [4.69, 9.17) is 0 Å². The van der Waals surface area contributed by atoms with Crippen molar-refractivity contribution in [3.05, 3.63) is 45.7 Å². The molecule has 7 heteroatoms. The van der Waals surface area contributed by atoms with Crippen molar-refractivity contribution in [2.75, 3.05) is 6.54 Å². The minimum Gasteiger partial charge on any atom is -0.331 e. The Kier molecular flexibility index (Phi) is 2.66. The van der Waals surface area contributed by atoms with E-state index in [1.807, 2.05) is 4.57 Å². The largest absolute Gasteiger partial charge is 0.331 e. The zero-order chi connectivity index (χ0) is 14.4. The number of aromatic nitrogens is 4. The average molecular weight is 285 g/mol. The Bertz CT molecular complexity index is 776. The van der Waals surface area contributed by atoms with Crippen molar-refractivity contribution < 1.29 is 4.79 Å². The first-order chi connectivity index (χ1) is 10.2. The van der Waals surface area contributed by atoms with Crippen molar-refractivity contribution in [2.24, 2.45) is 0 Å². The van der Waals surface area contributed by atoms with Crippen LogP contribution >= 0.6 is 0 Å². The normalized spacial score (nSPS) is 16.7. The van der Waals surface area contributed by atoms with Gasteiger partial charge in [0.25, 0.3) is 11.5 Å². The fourth-order valence-corrected chi connectivity index (χ4v) is 3.13. The topological polar surface area (TPSA) is 83.9 Å². The fourth-order valence-electron chi connectivity index (χ4n) is 3.13. The van der Waals surface area contributed by atoms with Crippen LogP contribution in [0.1, 0.15) is 34.0 Å². The second kappa shape index (κ2) is 4.54. The number of aryl methyl sites for hydroxylation is 1. The number of fused-ring (bicyclic) bond motifs is 2. The molecule has 1 N–H and O–H groups in total. The molecule has 0 atom stereocenters. The highest BCUT2D eigenvalue weighted by atomic mass is 16.2. The van der Waals surface area contributed by atoms with Crippen LogP contribution in [0.2, 0.25) is 0 Å². The SMILES string of the molecule is O=C(c1cnc2n1CCC2)N1CCc2c(nc[nH]c2=O)C1. The van der Waals surface area contributed by atoms with Gasteiger partial charge in [-0.15, -0.1) is 0 Å². The first kappa shape index (κ1) is 12.3. The molecule has 2 aliphatic heterocycles. The number of carbonyl (C=O) groups is 1. The molecule has 2 aromatic rings. The van der Waals surface area contributed by atoms with Gasteiger partial charge in [-0.05, 0) is 12.8 Å². The van der Waals surface area contributed by atoms with E-state index in [1.54, 1.807) is 11.1 Å². The highest BCUT2D eigenvalue weighted by molar-refractivity contribution is 5.92. The Balaban J connectivity index is 1.63. The molecule has 0 aromatic carbocycles. The zero-order valence-corrected chi connectivity index (χ0v) is 11.5. The van der Waals surface area contributed by atoms with E-state index >= 15 is 0 Å². The number of nitrogens with one attached hydrogen (secondary N) is 1. The third-order valence-electron chi connectivity index (χ3n) is 4.24. The molecular weight excluding hydrogens is 270 g/mol. The van der Waals surface area contributed by atoms with Crippen LogP contribution < -0.4 is 5.56 Å². The molecule has 4 rings (SSSR count).